The Kier molecular flexibility index (Phi) is 2.31. The molecule has 1 aliphatic rings. The average molecular weight is 188 g/mol. The number of anilines is 1. The minimum Gasteiger partial charge on any atom is -0.330 e. The number of para-hydroxylation sites is 1. The van der Waals surface area contributed by atoms with Gasteiger partial charge in [-0.2, -0.15) is 0 Å². The van der Waals surface area contributed by atoms with Gasteiger partial charge in [-0.1, -0.05) is 12.1 Å². The summed E-state index contributed by atoms with van der Waals surface area (Å²) in [6.45, 7) is 3.27. The van der Waals surface area contributed by atoms with Gasteiger partial charge in [0.25, 0.3) is 0 Å². The molecular formula is C11H12N2O. The van der Waals surface area contributed by atoms with Crippen LogP contribution in [0.25, 0.3) is 0 Å². The molecular weight excluding hydrogens is 176 g/mol. The maximum atomic E-state index is 11.4. The van der Waals surface area contributed by atoms with Gasteiger partial charge in [0.1, 0.15) is 0 Å². The van der Waals surface area contributed by atoms with E-state index in [0.717, 1.165) is 24.3 Å². The highest BCUT2D eigenvalue weighted by Gasteiger charge is 2.13. The van der Waals surface area contributed by atoms with Crippen molar-refractivity contribution in [1.29, 1.82) is 0 Å². The molecule has 0 saturated heterocycles. The van der Waals surface area contributed by atoms with E-state index >= 15 is 0 Å². The first-order valence-corrected chi connectivity index (χ1v) is 4.65. The van der Waals surface area contributed by atoms with E-state index in [-0.39, 0.29) is 5.78 Å². The van der Waals surface area contributed by atoms with Gasteiger partial charge in [-0.05, 0) is 19.1 Å². The van der Waals surface area contributed by atoms with Crippen molar-refractivity contribution in [2.45, 2.75) is 6.92 Å². The van der Waals surface area contributed by atoms with Crippen molar-refractivity contribution in [3.8, 4) is 0 Å². The Labute approximate surface area is 83.1 Å². The number of aliphatic imine (C=N–C) groups is 1. The van der Waals surface area contributed by atoms with Gasteiger partial charge in [0.05, 0.1) is 18.6 Å². The van der Waals surface area contributed by atoms with Crippen LogP contribution in [0.5, 0.6) is 0 Å². The van der Waals surface area contributed by atoms with E-state index in [9.17, 15) is 4.79 Å². The van der Waals surface area contributed by atoms with Crippen LogP contribution < -0.4 is 4.90 Å². The van der Waals surface area contributed by atoms with Crippen molar-refractivity contribution in [3.05, 3.63) is 29.8 Å². The molecule has 0 spiro atoms. The van der Waals surface area contributed by atoms with Gasteiger partial charge in [0.2, 0.25) is 0 Å². The Morgan fingerprint density at radius 2 is 2.21 bits per heavy atom. The Bertz CT molecular complexity index is 385. The lowest BCUT2D eigenvalue weighted by atomic mass is 10.1. The molecule has 0 amide bonds. The third kappa shape index (κ3) is 1.53. The van der Waals surface area contributed by atoms with Gasteiger partial charge in [-0.25, -0.2) is 0 Å². The molecule has 1 heterocycles. The SMILES string of the molecule is CC(=O)c1ccccc1N1C=NCC1. The topological polar surface area (TPSA) is 32.7 Å². The summed E-state index contributed by atoms with van der Waals surface area (Å²) in [5.41, 5.74) is 1.72. The monoisotopic (exact) mass is 188 g/mol. The van der Waals surface area contributed by atoms with Gasteiger partial charge in [-0.15, -0.1) is 0 Å². The average Bonchev–Trinajstić information content (AvgIpc) is 2.70. The van der Waals surface area contributed by atoms with Crippen molar-refractivity contribution in [2.24, 2.45) is 4.99 Å². The van der Waals surface area contributed by atoms with E-state index in [1.165, 1.54) is 0 Å². The van der Waals surface area contributed by atoms with E-state index in [1.54, 1.807) is 13.3 Å². The van der Waals surface area contributed by atoms with Gasteiger partial charge in [0, 0.05) is 12.1 Å². The maximum Gasteiger partial charge on any atom is 0.161 e. The number of ketones is 1. The highest BCUT2D eigenvalue weighted by molar-refractivity contribution is 6.02. The maximum absolute atomic E-state index is 11.4. The molecule has 3 nitrogen and oxygen atoms in total. The van der Waals surface area contributed by atoms with Gasteiger partial charge in [0.15, 0.2) is 5.78 Å². The van der Waals surface area contributed by atoms with E-state index < -0.39 is 0 Å². The molecule has 1 aliphatic heterocycles. The number of hydrogen-bond donors (Lipinski definition) is 0. The molecule has 0 aromatic heterocycles. The molecule has 0 fully saturated rings. The van der Waals surface area contributed by atoms with E-state index in [4.69, 9.17) is 0 Å². The summed E-state index contributed by atoms with van der Waals surface area (Å²) in [6, 6.07) is 7.62. The summed E-state index contributed by atoms with van der Waals surface area (Å²) in [5.74, 6) is 0.0981. The van der Waals surface area contributed by atoms with Crippen molar-refractivity contribution in [3.63, 3.8) is 0 Å². The molecule has 0 saturated carbocycles. The molecule has 0 radical (unpaired) electrons. The third-order valence-corrected chi connectivity index (χ3v) is 2.28. The molecule has 0 aliphatic carbocycles. The minimum atomic E-state index is 0.0981. The lowest BCUT2D eigenvalue weighted by Gasteiger charge is -2.16. The Morgan fingerprint density at radius 3 is 2.86 bits per heavy atom. The Hall–Kier alpha value is -1.64. The molecule has 0 N–H and O–H groups in total. The second kappa shape index (κ2) is 3.62. The second-order valence-corrected chi connectivity index (χ2v) is 3.29. The highest BCUT2D eigenvalue weighted by atomic mass is 16.1. The van der Waals surface area contributed by atoms with Crippen molar-refractivity contribution in [2.75, 3.05) is 18.0 Å². The fourth-order valence-corrected chi connectivity index (χ4v) is 1.58. The number of carbonyl (C=O) groups is 1. The fourth-order valence-electron chi connectivity index (χ4n) is 1.58. The molecule has 3 heteroatoms. The molecule has 1 aromatic carbocycles. The van der Waals surface area contributed by atoms with Crippen LogP contribution in [0.4, 0.5) is 5.69 Å². The van der Waals surface area contributed by atoms with Crippen LogP contribution in [-0.2, 0) is 0 Å². The smallest absolute Gasteiger partial charge is 0.161 e. The van der Waals surface area contributed by atoms with Gasteiger partial charge >= 0.3 is 0 Å². The summed E-state index contributed by atoms with van der Waals surface area (Å²) in [5, 5.41) is 0. The third-order valence-electron chi connectivity index (χ3n) is 2.28. The molecule has 0 atom stereocenters. The number of carbonyl (C=O) groups excluding carboxylic acids is 1. The summed E-state index contributed by atoms with van der Waals surface area (Å²) in [6.07, 6.45) is 1.79. The number of rotatable bonds is 2. The zero-order valence-corrected chi connectivity index (χ0v) is 8.10. The van der Waals surface area contributed by atoms with Crippen LogP contribution in [0, 0.1) is 0 Å². The first-order chi connectivity index (χ1) is 6.79. The molecule has 1 aromatic rings. The number of Topliss-reactive ketones (excluding diaryl/α,β-unsaturated/α-hetero) is 1. The number of nitrogens with zero attached hydrogens (tertiary/aromatic N) is 2. The molecule has 72 valence electrons. The van der Waals surface area contributed by atoms with E-state index in [2.05, 4.69) is 4.99 Å². The summed E-state index contributed by atoms with van der Waals surface area (Å²) in [7, 11) is 0. The first-order valence-electron chi connectivity index (χ1n) is 4.65. The Balaban J connectivity index is 2.40. The fraction of sp³-hybridized carbons (Fsp3) is 0.273. The first kappa shape index (κ1) is 8.94. The quantitative estimate of drug-likeness (QED) is 0.662. The van der Waals surface area contributed by atoms with Crippen molar-refractivity contribution in [1.82, 2.24) is 0 Å². The lowest BCUT2D eigenvalue weighted by Crippen LogP contribution is -2.20. The minimum absolute atomic E-state index is 0.0981. The largest absolute Gasteiger partial charge is 0.330 e. The van der Waals surface area contributed by atoms with Crippen LogP contribution in [0.1, 0.15) is 17.3 Å². The summed E-state index contributed by atoms with van der Waals surface area (Å²) < 4.78 is 0. The lowest BCUT2D eigenvalue weighted by molar-refractivity contribution is 0.101. The van der Waals surface area contributed by atoms with E-state index in [0.29, 0.717) is 0 Å². The van der Waals surface area contributed by atoms with Gasteiger partial charge < -0.3 is 4.90 Å². The molecule has 0 unspecified atom stereocenters. The summed E-state index contributed by atoms with van der Waals surface area (Å²) >= 11 is 0. The van der Waals surface area contributed by atoms with Gasteiger partial charge in [-0.3, -0.25) is 9.79 Å². The zero-order chi connectivity index (χ0) is 9.97. The van der Waals surface area contributed by atoms with Crippen LogP contribution >= 0.6 is 0 Å². The normalized spacial score (nSPS) is 14.8. The zero-order valence-electron chi connectivity index (χ0n) is 8.10. The molecule has 2 rings (SSSR count). The predicted molar refractivity (Wildman–Crippen MR) is 57.2 cm³/mol. The highest BCUT2D eigenvalue weighted by Crippen LogP contribution is 2.20. The van der Waals surface area contributed by atoms with E-state index in [1.807, 2.05) is 29.2 Å². The van der Waals surface area contributed by atoms with Crippen LogP contribution in [0.3, 0.4) is 0 Å². The Morgan fingerprint density at radius 1 is 1.43 bits per heavy atom. The predicted octanol–water partition coefficient (Wildman–Crippen LogP) is 1.74. The van der Waals surface area contributed by atoms with Crippen molar-refractivity contribution >= 4 is 17.8 Å². The number of hydrogen-bond acceptors (Lipinski definition) is 3. The van der Waals surface area contributed by atoms with Crippen LogP contribution in [0.2, 0.25) is 0 Å². The van der Waals surface area contributed by atoms with Crippen molar-refractivity contribution < 1.29 is 4.79 Å². The molecule has 0 bridgehead atoms. The standard InChI is InChI=1S/C11H12N2O/c1-9(14)10-4-2-3-5-11(10)13-7-6-12-8-13/h2-5,8H,6-7H2,1H3. The second-order valence-electron chi connectivity index (χ2n) is 3.29. The number of benzene rings is 1. The molecule has 14 heavy (non-hydrogen) atoms. The summed E-state index contributed by atoms with van der Waals surface area (Å²) in [4.78, 5) is 17.5. The van der Waals surface area contributed by atoms with Crippen LogP contribution in [0.15, 0.2) is 29.3 Å². The van der Waals surface area contributed by atoms with Crippen LogP contribution in [-0.4, -0.2) is 25.2 Å².